The van der Waals surface area contributed by atoms with Crippen LogP contribution in [0.2, 0.25) is 0 Å². The number of likely N-dealkylation sites (N-methyl/N-ethyl adjacent to an activating group) is 1. The van der Waals surface area contributed by atoms with Crippen molar-refractivity contribution in [2.45, 2.75) is 12.1 Å². The quantitative estimate of drug-likeness (QED) is 0.730. The first-order valence-electron chi connectivity index (χ1n) is 8.03. The van der Waals surface area contributed by atoms with E-state index >= 15 is 0 Å². The minimum Gasteiger partial charge on any atom is -0.352 e. The lowest BCUT2D eigenvalue weighted by atomic mass is 10.0. The van der Waals surface area contributed by atoms with E-state index in [9.17, 15) is 4.39 Å². The van der Waals surface area contributed by atoms with Crippen LogP contribution >= 0.6 is 12.2 Å². The van der Waals surface area contributed by atoms with Gasteiger partial charge in [0.25, 0.3) is 0 Å². The molecule has 6 heteroatoms. The van der Waals surface area contributed by atoms with Crippen LogP contribution in [0.3, 0.4) is 0 Å². The minimum atomic E-state index is -0.259. The Balaban J connectivity index is 1.82. The van der Waals surface area contributed by atoms with Gasteiger partial charge in [0, 0.05) is 25.1 Å². The summed E-state index contributed by atoms with van der Waals surface area (Å²) in [6, 6.07) is 16.3. The Labute approximate surface area is 150 Å². The van der Waals surface area contributed by atoms with Crippen LogP contribution < -0.4 is 5.32 Å². The number of rotatable bonds is 3. The molecular weight excluding hydrogens is 335 g/mol. The first-order chi connectivity index (χ1) is 12.2. The fourth-order valence-corrected chi connectivity index (χ4v) is 3.57. The SMILES string of the molecule is CN1C(=S)N[C@H](c2ccccn2)[C@H]1c1cccn1-c1ccccc1F. The predicted molar refractivity (Wildman–Crippen MR) is 98.9 cm³/mol. The number of aromatic nitrogens is 2. The topological polar surface area (TPSA) is 33.1 Å². The second-order valence-corrected chi connectivity index (χ2v) is 6.38. The van der Waals surface area contributed by atoms with E-state index in [0.29, 0.717) is 10.8 Å². The maximum absolute atomic E-state index is 14.3. The highest BCUT2D eigenvalue weighted by Crippen LogP contribution is 2.38. The molecule has 0 aliphatic carbocycles. The summed E-state index contributed by atoms with van der Waals surface area (Å²) in [4.78, 5) is 6.48. The van der Waals surface area contributed by atoms with Crippen molar-refractivity contribution >= 4 is 17.3 Å². The van der Waals surface area contributed by atoms with E-state index in [1.807, 2.05) is 59.1 Å². The highest BCUT2D eigenvalue weighted by molar-refractivity contribution is 7.80. The summed E-state index contributed by atoms with van der Waals surface area (Å²) in [5, 5.41) is 3.99. The second kappa shape index (κ2) is 6.29. The lowest BCUT2D eigenvalue weighted by molar-refractivity contribution is 0.356. The Morgan fingerprint density at radius 1 is 1.08 bits per heavy atom. The number of benzene rings is 1. The summed E-state index contributed by atoms with van der Waals surface area (Å²) in [6.45, 7) is 0. The standard InChI is InChI=1S/C19H17FN4S/c1-23-18(17(22-19(23)25)14-8-4-5-11-21-14)16-10-6-12-24(16)15-9-3-2-7-13(15)20/h2-12,17-18H,1H3,(H,22,25)/t17-,18-/m1/s1. The Kier molecular flexibility index (Phi) is 3.97. The summed E-state index contributed by atoms with van der Waals surface area (Å²) in [5.74, 6) is -0.259. The number of halogens is 1. The molecule has 2 atom stereocenters. The van der Waals surface area contributed by atoms with Gasteiger partial charge in [0.2, 0.25) is 0 Å². The lowest BCUT2D eigenvalue weighted by Gasteiger charge is -2.25. The summed E-state index contributed by atoms with van der Waals surface area (Å²) >= 11 is 5.46. The molecule has 3 heterocycles. The first-order valence-corrected chi connectivity index (χ1v) is 8.44. The van der Waals surface area contributed by atoms with Gasteiger partial charge in [0.1, 0.15) is 5.82 Å². The summed E-state index contributed by atoms with van der Waals surface area (Å²) in [6.07, 6.45) is 3.64. The maximum Gasteiger partial charge on any atom is 0.169 e. The van der Waals surface area contributed by atoms with Gasteiger partial charge in [-0.15, -0.1) is 0 Å². The van der Waals surface area contributed by atoms with Crippen LogP contribution in [-0.4, -0.2) is 26.6 Å². The van der Waals surface area contributed by atoms with E-state index in [1.165, 1.54) is 6.07 Å². The van der Waals surface area contributed by atoms with Crippen LogP contribution in [0.15, 0.2) is 67.0 Å². The number of nitrogens with one attached hydrogen (secondary N) is 1. The Hall–Kier alpha value is -2.73. The molecule has 1 aliphatic rings. The van der Waals surface area contributed by atoms with Gasteiger partial charge < -0.3 is 14.8 Å². The fourth-order valence-electron chi connectivity index (χ4n) is 3.33. The van der Waals surface area contributed by atoms with Crippen LogP contribution in [0.25, 0.3) is 5.69 Å². The van der Waals surface area contributed by atoms with Crippen molar-refractivity contribution in [2.24, 2.45) is 0 Å². The molecule has 4 nitrogen and oxygen atoms in total. The number of hydrogen-bond acceptors (Lipinski definition) is 2. The van der Waals surface area contributed by atoms with Gasteiger partial charge in [-0.05, 0) is 48.6 Å². The molecule has 3 aromatic rings. The molecule has 0 unspecified atom stereocenters. The van der Waals surface area contributed by atoms with Crippen molar-refractivity contribution in [1.82, 2.24) is 19.8 Å². The molecule has 126 valence electrons. The molecule has 25 heavy (non-hydrogen) atoms. The van der Waals surface area contributed by atoms with Crippen molar-refractivity contribution in [3.63, 3.8) is 0 Å². The van der Waals surface area contributed by atoms with Crippen molar-refractivity contribution in [3.05, 3.63) is 84.2 Å². The molecule has 0 amide bonds. The highest BCUT2D eigenvalue weighted by atomic mass is 32.1. The zero-order chi connectivity index (χ0) is 17.4. The van der Waals surface area contributed by atoms with E-state index in [1.54, 1.807) is 18.3 Å². The van der Waals surface area contributed by atoms with Gasteiger partial charge >= 0.3 is 0 Å². The Morgan fingerprint density at radius 2 is 1.88 bits per heavy atom. The molecule has 0 spiro atoms. The van der Waals surface area contributed by atoms with E-state index in [2.05, 4.69) is 10.3 Å². The summed E-state index contributed by atoms with van der Waals surface area (Å²) in [7, 11) is 1.95. The Morgan fingerprint density at radius 3 is 2.64 bits per heavy atom. The predicted octanol–water partition coefficient (Wildman–Crippen LogP) is 3.61. The number of hydrogen-bond donors (Lipinski definition) is 1. The monoisotopic (exact) mass is 352 g/mol. The third-order valence-corrected chi connectivity index (χ3v) is 4.94. The molecule has 2 aromatic heterocycles. The normalized spacial score (nSPS) is 19.9. The van der Waals surface area contributed by atoms with Gasteiger partial charge in [0.05, 0.1) is 23.5 Å². The van der Waals surface area contributed by atoms with E-state index in [-0.39, 0.29) is 17.9 Å². The fraction of sp³-hybridized carbons (Fsp3) is 0.158. The minimum absolute atomic E-state index is 0.0861. The summed E-state index contributed by atoms with van der Waals surface area (Å²) < 4.78 is 16.2. The lowest BCUT2D eigenvalue weighted by Crippen LogP contribution is -2.26. The third kappa shape index (κ3) is 2.68. The molecule has 0 saturated carbocycles. The van der Waals surface area contributed by atoms with Crippen molar-refractivity contribution in [1.29, 1.82) is 0 Å². The summed E-state index contributed by atoms with van der Waals surface area (Å²) in [5.41, 5.74) is 2.38. The number of nitrogens with zero attached hydrogens (tertiary/aromatic N) is 3. The second-order valence-electron chi connectivity index (χ2n) is 5.99. The van der Waals surface area contributed by atoms with Gasteiger partial charge in [-0.25, -0.2) is 4.39 Å². The first kappa shape index (κ1) is 15.8. The van der Waals surface area contributed by atoms with Crippen LogP contribution in [0, 0.1) is 5.82 Å². The molecule has 0 bridgehead atoms. The maximum atomic E-state index is 14.3. The van der Waals surface area contributed by atoms with Crippen LogP contribution in [0.1, 0.15) is 23.5 Å². The van der Waals surface area contributed by atoms with E-state index in [0.717, 1.165) is 11.4 Å². The van der Waals surface area contributed by atoms with E-state index < -0.39 is 0 Å². The van der Waals surface area contributed by atoms with Crippen LogP contribution in [-0.2, 0) is 0 Å². The van der Waals surface area contributed by atoms with Crippen LogP contribution in [0.4, 0.5) is 4.39 Å². The molecule has 1 saturated heterocycles. The average Bonchev–Trinajstić information content (AvgIpc) is 3.21. The van der Waals surface area contributed by atoms with Crippen LogP contribution in [0.5, 0.6) is 0 Å². The number of thiocarbonyl (C=S) groups is 1. The van der Waals surface area contributed by atoms with Crippen molar-refractivity contribution in [2.75, 3.05) is 7.05 Å². The van der Waals surface area contributed by atoms with E-state index in [4.69, 9.17) is 12.2 Å². The average molecular weight is 352 g/mol. The van der Waals surface area contributed by atoms with Gasteiger partial charge in [0.15, 0.2) is 5.11 Å². The molecular formula is C19H17FN4S. The highest BCUT2D eigenvalue weighted by Gasteiger charge is 2.39. The molecule has 1 fully saturated rings. The van der Waals surface area contributed by atoms with Gasteiger partial charge in [-0.3, -0.25) is 4.98 Å². The molecule has 0 radical (unpaired) electrons. The van der Waals surface area contributed by atoms with Gasteiger partial charge in [-0.2, -0.15) is 0 Å². The molecule has 4 rings (SSSR count). The molecule has 1 aromatic carbocycles. The largest absolute Gasteiger partial charge is 0.352 e. The zero-order valence-corrected chi connectivity index (χ0v) is 14.4. The number of pyridine rings is 1. The Bertz CT molecular complexity index is 909. The molecule has 1 aliphatic heterocycles. The van der Waals surface area contributed by atoms with Crippen molar-refractivity contribution < 1.29 is 4.39 Å². The number of para-hydroxylation sites is 1. The third-order valence-electron chi connectivity index (χ3n) is 4.53. The van der Waals surface area contributed by atoms with Gasteiger partial charge in [-0.1, -0.05) is 18.2 Å². The zero-order valence-electron chi connectivity index (χ0n) is 13.6. The molecule has 1 N–H and O–H groups in total. The van der Waals surface area contributed by atoms with Crippen molar-refractivity contribution in [3.8, 4) is 5.69 Å². The smallest absolute Gasteiger partial charge is 0.169 e.